The quantitative estimate of drug-likeness (QED) is 0.467. The summed E-state index contributed by atoms with van der Waals surface area (Å²) < 4.78 is 32.6. The van der Waals surface area contributed by atoms with Gasteiger partial charge in [-0.2, -0.15) is 0 Å². The minimum absolute atomic E-state index is 0.0581. The number of nitrogens with one attached hydrogen (secondary N) is 1. The second-order valence-electron chi connectivity index (χ2n) is 7.10. The van der Waals surface area contributed by atoms with Gasteiger partial charge in [-0.3, -0.25) is 9.10 Å². The number of anilines is 2. The first kappa shape index (κ1) is 24.3. The number of carbonyl (C=O) groups is 2. The fraction of sp³-hybridized carbons (Fsp3) is 0.167. The van der Waals surface area contributed by atoms with Crippen molar-refractivity contribution in [1.82, 2.24) is 0 Å². The second-order valence-corrected chi connectivity index (χ2v) is 9.40. The molecule has 0 aromatic heterocycles. The summed E-state index contributed by atoms with van der Waals surface area (Å²) in [6.45, 7) is 3.25. The topological polar surface area (TPSA) is 92.8 Å². The summed E-state index contributed by atoms with van der Waals surface area (Å²) in [6, 6.07) is 18.8. The monoisotopic (exact) mass is 486 g/mol. The third kappa shape index (κ3) is 5.91. The van der Waals surface area contributed by atoms with Crippen molar-refractivity contribution in [3.8, 4) is 0 Å². The van der Waals surface area contributed by atoms with Crippen LogP contribution in [0.1, 0.15) is 22.8 Å². The molecule has 0 radical (unpaired) electrons. The number of benzene rings is 3. The molecule has 0 aliphatic heterocycles. The summed E-state index contributed by atoms with van der Waals surface area (Å²) in [5, 5.41) is 3.16. The SMILES string of the molecule is CCOC(=O)c1ccc(NC(=O)CN(c2ccc(Cl)cc2)S(=O)(=O)c2ccccc2)c(C)c1. The lowest BCUT2D eigenvalue weighted by Crippen LogP contribution is -2.38. The van der Waals surface area contributed by atoms with Crippen molar-refractivity contribution in [2.24, 2.45) is 0 Å². The van der Waals surface area contributed by atoms with E-state index < -0.39 is 28.4 Å². The first-order valence-corrected chi connectivity index (χ1v) is 11.9. The maximum absolute atomic E-state index is 13.3. The van der Waals surface area contributed by atoms with Crippen LogP contribution in [0, 0.1) is 6.92 Å². The van der Waals surface area contributed by atoms with E-state index in [0.717, 1.165) is 4.31 Å². The Morgan fingerprint density at radius 1 is 1.00 bits per heavy atom. The predicted octanol–water partition coefficient (Wildman–Crippen LogP) is 4.66. The molecule has 33 heavy (non-hydrogen) atoms. The Morgan fingerprint density at radius 3 is 2.27 bits per heavy atom. The highest BCUT2D eigenvalue weighted by molar-refractivity contribution is 7.92. The molecule has 0 saturated carbocycles. The van der Waals surface area contributed by atoms with Gasteiger partial charge >= 0.3 is 5.97 Å². The summed E-state index contributed by atoms with van der Waals surface area (Å²) in [4.78, 5) is 24.8. The molecule has 3 aromatic rings. The van der Waals surface area contributed by atoms with Crippen molar-refractivity contribution in [1.29, 1.82) is 0 Å². The fourth-order valence-corrected chi connectivity index (χ4v) is 4.68. The standard InChI is InChI=1S/C24H23ClN2O5S/c1-3-32-24(29)18-9-14-22(17(2)15-18)26-23(28)16-27(20-12-10-19(25)11-13-20)33(30,31)21-7-5-4-6-8-21/h4-15H,3,16H2,1-2H3,(H,26,28). The van der Waals surface area contributed by atoms with Gasteiger partial charge in [0.2, 0.25) is 5.91 Å². The molecule has 1 amide bonds. The van der Waals surface area contributed by atoms with Gasteiger partial charge in [-0.1, -0.05) is 29.8 Å². The van der Waals surface area contributed by atoms with Crippen LogP contribution in [0.3, 0.4) is 0 Å². The summed E-state index contributed by atoms with van der Waals surface area (Å²) in [7, 11) is -4.02. The Kier molecular flexibility index (Phi) is 7.73. The molecular formula is C24H23ClN2O5S. The number of amides is 1. The predicted molar refractivity (Wildman–Crippen MR) is 128 cm³/mol. The number of hydrogen-bond acceptors (Lipinski definition) is 5. The molecule has 9 heteroatoms. The molecule has 0 aliphatic carbocycles. The van der Waals surface area contributed by atoms with Gasteiger partial charge in [0.15, 0.2) is 0 Å². The number of hydrogen-bond donors (Lipinski definition) is 1. The molecular weight excluding hydrogens is 464 g/mol. The first-order valence-electron chi connectivity index (χ1n) is 10.1. The van der Waals surface area contributed by atoms with Crippen LogP contribution in [0.5, 0.6) is 0 Å². The molecule has 7 nitrogen and oxygen atoms in total. The summed E-state index contributed by atoms with van der Waals surface area (Å²) in [5.74, 6) is -1.00. The van der Waals surface area contributed by atoms with Crippen LogP contribution < -0.4 is 9.62 Å². The van der Waals surface area contributed by atoms with E-state index in [9.17, 15) is 18.0 Å². The molecule has 0 fully saturated rings. The molecule has 3 aromatic carbocycles. The lowest BCUT2D eigenvalue weighted by molar-refractivity contribution is -0.114. The minimum atomic E-state index is -4.02. The van der Waals surface area contributed by atoms with E-state index in [1.807, 2.05) is 0 Å². The molecule has 0 atom stereocenters. The molecule has 0 unspecified atom stereocenters. The Balaban J connectivity index is 1.87. The highest BCUT2D eigenvalue weighted by Gasteiger charge is 2.27. The number of sulfonamides is 1. The zero-order valence-electron chi connectivity index (χ0n) is 18.1. The maximum Gasteiger partial charge on any atom is 0.338 e. The fourth-order valence-electron chi connectivity index (χ4n) is 3.11. The molecule has 3 rings (SSSR count). The van der Waals surface area contributed by atoms with Gasteiger partial charge in [0, 0.05) is 10.7 Å². The average molecular weight is 487 g/mol. The zero-order chi connectivity index (χ0) is 24.0. The van der Waals surface area contributed by atoms with Crippen molar-refractivity contribution in [2.45, 2.75) is 18.7 Å². The number of esters is 1. The van der Waals surface area contributed by atoms with Crippen LogP contribution in [0.15, 0.2) is 77.7 Å². The van der Waals surface area contributed by atoms with E-state index in [1.165, 1.54) is 30.3 Å². The van der Waals surface area contributed by atoms with Gasteiger partial charge in [0.25, 0.3) is 10.0 Å². The van der Waals surface area contributed by atoms with Gasteiger partial charge in [-0.25, -0.2) is 13.2 Å². The Morgan fingerprint density at radius 2 is 1.67 bits per heavy atom. The summed E-state index contributed by atoms with van der Waals surface area (Å²) in [5.41, 5.74) is 1.76. The Hall–Kier alpha value is -3.36. The molecule has 1 N–H and O–H groups in total. The number of carbonyl (C=O) groups excluding carboxylic acids is 2. The van der Waals surface area contributed by atoms with Gasteiger partial charge in [-0.15, -0.1) is 0 Å². The van der Waals surface area contributed by atoms with Crippen LogP contribution in [0.25, 0.3) is 0 Å². The molecule has 0 spiro atoms. The van der Waals surface area contributed by atoms with Crippen LogP contribution >= 0.6 is 11.6 Å². The zero-order valence-corrected chi connectivity index (χ0v) is 19.7. The van der Waals surface area contributed by atoms with Gasteiger partial charge < -0.3 is 10.1 Å². The highest BCUT2D eigenvalue weighted by Crippen LogP contribution is 2.25. The summed E-state index contributed by atoms with van der Waals surface area (Å²) >= 11 is 5.95. The highest BCUT2D eigenvalue weighted by atomic mass is 35.5. The van der Waals surface area contributed by atoms with Crippen molar-refractivity contribution in [3.05, 3.63) is 88.9 Å². The van der Waals surface area contributed by atoms with E-state index in [-0.39, 0.29) is 11.5 Å². The molecule has 0 bridgehead atoms. The van der Waals surface area contributed by atoms with Crippen molar-refractivity contribution in [3.63, 3.8) is 0 Å². The van der Waals surface area contributed by atoms with Crippen LogP contribution in [-0.4, -0.2) is 33.4 Å². The van der Waals surface area contributed by atoms with Crippen molar-refractivity contribution >= 4 is 44.9 Å². The molecule has 0 saturated heterocycles. The first-order chi connectivity index (χ1) is 15.7. The van der Waals surface area contributed by atoms with E-state index in [1.54, 1.807) is 56.3 Å². The van der Waals surface area contributed by atoms with Gasteiger partial charge in [-0.05, 0) is 74.0 Å². The lowest BCUT2D eigenvalue weighted by atomic mass is 10.1. The van der Waals surface area contributed by atoms with E-state index in [0.29, 0.717) is 27.5 Å². The van der Waals surface area contributed by atoms with Crippen molar-refractivity contribution in [2.75, 3.05) is 22.8 Å². The average Bonchev–Trinajstić information content (AvgIpc) is 2.80. The number of nitrogens with zero attached hydrogens (tertiary/aromatic N) is 1. The van der Waals surface area contributed by atoms with E-state index >= 15 is 0 Å². The number of halogens is 1. The largest absolute Gasteiger partial charge is 0.462 e. The minimum Gasteiger partial charge on any atom is -0.462 e. The van der Waals surface area contributed by atoms with Gasteiger partial charge in [0.05, 0.1) is 22.8 Å². The lowest BCUT2D eigenvalue weighted by Gasteiger charge is -2.24. The number of aryl methyl sites for hydroxylation is 1. The molecule has 172 valence electrons. The second kappa shape index (κ2) is 10.5. The van der Waals surface area contributed by atoms with Gasteiger partial charge in [0.1, 0.15) is 6.54 Å². The van der Waals surface area contributed by atoms with E-state index in [4.69, 9.17) is 16.3 Å². The third-order valence-electron chi connectivity index (χ3n) is 4.74. The third-order valence-corrected chi connectivity index (χ3v) is 6.78. The van der Waals surface area contributed by atoms with Crippen molar-refractivity contribution < 1.29 is 22.7 Å². The van der Waals surface area contributed by atoms with Crippen LogP contribution in [0.2, 0.25) is 5.02 Å². The van der Waals surface area contributed by atoms with Crippen LogP contribution in [-0.2, 0) is 19.6 Å². The van der Waals surface area contributed by atoms with Crippen LogP contribution in [0.4, 0.5) is 11.4 Å². The smallest absolute Gasteiger partial charge is 0.338 e. The Bertz CT molecular complexity index is 1250. The maximum atomic E-state index is 13.3. The molecule has 0 heterocycles. The Labute approximate surface area is 198 Å². The normalized spacial score (nSPS) is 11.0. The molecule has 0 aliphatic rings. The number of ether oxygens (including phenoxy) is 1. The van der Waals surface area contributed by atoms with E-state index in [2.05, 4.69) is 5.32 Å². The number of rotatable bonds is 8. The summed E-state index contributed by atoms with van der Waals surface area (Å²) in [6.07, 6.45) is 0.